The quantitative estimate of drug-likeness (QED) is 0.330. The smallest absolute Gasteiger partial charge is 0.241 e. The number of carbonyl (C=O) groups is 1. The van der Waals surface area contributed by atoms with Gasteiger partial charge in [-0.25, -0.2) is 4.99 Å². The van der Waals surface area contributed by atoms with Gasteiger partial charge in [-0.2, -0.15) is 0 Å². The minimum absolute atomic E-state index is 0. The minimum atomic E-state index is 0. The lowest BCUT2D eigenvalue weighted by molar-refractivity contribution is -0.128. The van der Waals surface area contributed by atoms with E-state index in [9.17, 15) is 4.79 Å². The number of aliphatic imine (C=N–C) groups is 1. The van der Waals surface area contributed by atoms with E-state index < -0.39 is 0 Å². The van der Waals surface area contributed by atoms with Gasteiger partial charge in [-0.15, -0.1) is 24.0 Å². The number of nitrogens with zero attached hydrogens (tertiary/aromatic N) is 3. The van der Waals surface area contributed by atoms with Crippen LogP contribution in [0.2, 0.25) is 0 Å². The molecule has 0 aromatic heterocycles. The zero-order chi connectivity index (χ0) is 19.6. The number of amides is 1. The summed E-state index contributed by atoms with van der Waals surface area (Å²) in [5.74, 6) is 0.837. The Kier molecular flexibility index (Phi) is 10.7. The molecule has 1 aromatic rings. The molecule has 0 unspecified atom stereocenters. The van der Waals surface area contributed by atoms with E-state index in [1.54, 1.807) is 0 Å². The van der Waals surface area contributed by atoms with E-state index in [1.165, 1.54) is 11.1 Å². The van der Waals surface area contributed by atoms with Crippen molar-refractivity contribution in [1.82, 2.24) is 20.4 Å². The second-order valence-corrected chi connectivity index (χ2v) is 7.35. The van der Waals surface area contributed by atoms with Crippen molar-refractivity contribution in [3.05, 3.63) is 35.4 Å². The Morgan fingerprint density at radius 2 is 1.83 bits per heavy atom. The molecule has 0 radical (unpaired) electrons. The van der Waals surface area contributed by atoms with E-state index >= 15 is 0 Å². The van der Waals surface area contributed by atoms with Crippen molar-refractivity contribution >= 4 is 35.8 Å². The third kappa shape index (κ3) is 8.10. The van der Waals surface area contributed by atoms with Crippen LogP contribution in [0.4, 0.5) is 0 Å². The van der Waals surface area contributed by atoms with Crippen LogP contribution < -0.4 is 10.6 Å². The van der Waals surface area contributed by atoms with Crippen LogP contribution in [0, 0.1) is 0 Å². The maximum absolute atomic E-state index is 12.2. The van der Waals surface area contributed by atoms with E-state index in [0.717, 1.165) is 65.3 Å². The molecule has 29 heavy (non-hydrogen) atoms. The van der Waals surface area contributed by atoms with Crippen molar-refractivity contribution in [3.8, 4) is 0 Å². The topological polar surface area (TPSA) is 69.2 Å². The number of morpholine rings is 1. The van der Waals surface area contributed by atoms with Crippen molar-refractivity contribution < 1.29 is 9.53 Å². The molecule has 0 spiro atoms. The number of guanidine groups is 1. The summed E-state index contributed by atoms with van der Waals surface area (Å²) in [5, 5.41) is 6.40. The lowest BCUT2D eigenvalue weighted by atomic mass is 10.1. The SMILES string of the molecule is CCNC(=NCc1cccc(CN2CCOCC2)c1)NCC(=O)N1CCCC1.I. The number of halogens is 1. The van der Waals surface area contributed by atoms with Crippen molar-refractivity contribution in [1.29, 1.82) is 0 Å². The molecule has 2 saturated heterocycles. The molecule has 1 aromatic carbocycles. The normalized spacial score (nSPS) is 17.7. The molecule has 8 heteroatoms. The van der Waals surface area contributed by atoms with Crippen molar-refractivity contribution in [2.24, 2.45) is 4.99 Å². The predicted octanol–water partition coefficient (Wildman–Crippen LogP) is 1.81. The summed E-state index contributed by atoms with van der Waals surface area (Å²) >= 11 is 0. The zero-order valence-corrected chi connectivity index (χ0v) is 19.7. The number of ether oxygens (including phenoxy) is 1. The summed E-state index contributed by atoms with van der Waals surface area (Å²) in [6, 6.07) is 8.59. The first-order chi connectivity index (χ1) is 13.7. The molecule has 162 valence electrons. The van der Waals surface area contributed by atoms with Crippen LogP contribution in [0.15, 0.2) is 29.3 Å². The van der Waals surface area contributed by atoms with Crippen LogP contribution in [0.5, 0.6) is 0 Å². The Hall–Kier alpha value is -1.39. The number of rotatable bonds is 7. The van der Waals surface area contributed by atoms with Gasteiger partial charge in [-0.1, -0.05) is 24.3 Å². The Bertz CT molecular complexity index is 658. The number of benzene rings is 1. The number of hydrogen-bond donors (Lipinski definition) is 2. The molecule has 3 rings (SSSR count). The molecule has 2 N–H and O–H groups in total. The Morgan fingerprint density at radius 3 is 2.55 bits per heavy atom. The Labute approximate surface area is 191 Å². The molecular weight excluding hydrogens is 481 g/mol. The molecule has 2 aliphatic heterocycles. The molecule has 0 atom stereocenters. The highest BCUT2D eigenvalue weighted by molar-refractivity contribution is 14.0. The van der Waals surface area contributed by atoms with Crippen LogP contribution in [-0.2, 0) is 22.6 Å². The lowest BCUT2D eigenvalue weighted by Gasteiger charge is -2.26. The molecule has 1 amide bonds. The standard InChI is InChI=1S/C21H33N5O2.HI/c1-2-22-21(24-16-20(27)26-8-3-4-9-26)23-15-18-6-5-7-19(14-18)17-25-10-12-28-13-11-25;/h5-7,14H,2-4,8-13,15-17H2,1H3,(H2,22,23,24);1H. The molecule has 2 aliphatic rings. The van der Waals surface area contributed by atoms with Crippen molar-refractivity contribution in [2.75, 3.05) is 52.5 Å². The fraction of sp³-hybridized carbons (Fsp3) is 0.619. The number of nitrogens with one attached hydrogen (secondary N) is 2. The largest absolute Gasteiger partial charge is 0.379 e. The number of carbonyl (C=O) groups excluding carboxylic acids is 1. The van der Waals surface area contributed by atoms with Gasteiger partial charge < -0.3 is 20.3 Å². The van der Waals surface area contributed by atoms with Crippen LogP contribution in [-0.4, -0.2) is 74.1 Å². The average molecular weight is 515 g/mol. The molecule has 7 nitrogen and oxygen atoms in total. The van der Waals surface area contributed by atoms with Gasteiger partial charge in [0.2, 0.25) is 5.91 Å². The van der Waals surface area contributed by atoms with Crippen LogP contribution >= 0.6 is 24.0 Å². The van der Waals surface area contributed by atoms with E-state index in [-0.39, 0.29) is 29.9 Å². The Balaban J connectivity index is 0.00000300. The highest BCUT2D eigenvalue weighted by atomic mass is 127. The lowest BCUT2D eigenvalue weighted by Crippen LogP contribution is -2.44. The van der Waals surface area contributed by atoms with Gasteiger partial charge in [0.1, 0.15) is 0 Å². The summed E-state index contributed by atoms with van der Waals surface area (Å²) < 4.78 is 5.42. The van der Waals surface area contributed by atoms with Crippen LogP contribution in [0.25, 0.3) is 0 Å². The summed E-state index contributed by atoms with van der Waals surface area (Å²) in [4.78, 5) is 21.2. The van der Waals surface area contributed by atoms with Gasteiger partial charge in [-0.05, 0) is 30.9 Å². The van der Waals surface area contributed by atoms with E-state index in [4.69, 9.17) is 4.74 Å². The van der Waals surface area contributed by atoms with Gasteiger partial charge >= 0.3 is 0 Å². The molecule has 0 bridgehead atoms. The molecule has 0 saturated carbocycles. The molecular formula is C21H34IN5O2. The fourth-order valence-corrected chi connectivity index (χ4v) is 3.59. The first-order valence-corrected chi connectivity index (χ1v) is 10.4. The Morgan fingerprint density at radius 1 is 1.10 bits per heavy atom. The van der Waals surface area contributed by atoms with Gasteiger partial charge in [0.15, 0.2) is 5.96 Å². The first kappa shape index (κ1) is 23.9. The fourth-order valence-electron chi connectivity index (χ4n) is 3.59. The number of hydrogen-bond acceptors (Lipinski definition) is 4. The maximum atomic E-state index is 12.2. The third-order valence-corrected chi connectivity index (χ3v) is 5.13. The van der Waals surface area contributed by atoms with Crippen LogP contribution in [0.3, 0.4) is 0 Å². The predicted molar refractivity (Wildman–Crippen MR) is 127 cm³/mol. The van der Waals surface area contributed by atoms with Gasteiger partial charge in [0.25, 0.3) is 0 Å². The van der Waals surface area contributed by atoms with Crippen LogP contribution in [0.1, 0.15) is 30.9 Å². The van der Waals surface area contributed by atoms with Gasteiger partial charge in [-0.3, -0.25) is 9.69 Å². The van der Waals surface area contributed by atoms with E-state index in [2.05, 4.69) is 44.8 Å². The zero-order valence-electron chi connectivity index (χ0n) is 17.4. The second-order valence-electron chi connectivity index (χ2n) is 7.35. The first-order valence-electron chi connectivity index (χ1n) is 10.4. The monoisotopic (exact) mass is 515 g/mol. The van der Waals surface area contributed by atoms with E-state index in [0.29, 0.717) is 19.0 Å². The summed E-state index contributed by atoms with van der Waals surface area (Å²) in [6.07, 6.45) is 2.22. The van der Waals surface area contributed by atoms with Gasteiger partial charge in [0.05, 0.1) is 26.3 Å². The second kappa shape index (κ2) is 13.0. The molecule has 0 aliphatic carbocycles. The minimum Gasteiger partial charge on any atom is -0.379 e. The van der Waals surface area contributed by atoms with Gasteiger partial charge in [0, 0.05) is 39.3 Å². The average Bonchev–Trinajstić information content (AvgIpc) is 3.26. The van der Waals surface area contributed by atoms with Crippen molar-refractivity contribution in [2.45, 2.75) is 32.9 Å². The summed E-state index contributed by atoms with van der Waals surface area (Å²) in [6.45, 7) is 9.99. The van der Waals surface area contributed by atoms with E-state index in [1.807, 2.05) is 11.8 Å². The molecule has 2 fully saturated rings. The third-order valence-electron chi connectivity index (χ3n) is 5.13. The maximum Gasteiger partial charge on any atom is 0.241 e. The highest BCUT2D eigenvalue weighted by Crippen LogP contribution is 2.11. The number of likely N-dealkylation sites (tertiary alicyclic amines) is 1. The summed E-state index contributed by atoms with van der Waals surface area (Å²) in [5.41, 5.74) is 2.48. The molecule has 2 heterocycles. The summed E-state index contributed by atoms with van der Waals surface area (Å²) in [7, 11) is 0. The van der Waals surface area contributed by atoms with Crippen molar-refractivity contribution in [3.63, 3.8) is 0 Å². The highest BCUT2D eigenvalue weighted by Gasteiger charge is 2.17.